The van der Waals surface area contributed by atoms with Crippen LogP contribution in [-0.4, -0.2) is 62.7 Å². The van der Waals surface area contributed by atoms with Gasteiger partial charge < -0.3 is 20.4 Å². The molecule has 1 aromatic carbocycles. The fourth-order valence-corrected chi connectivity index (χ4v) is 4.23. The lowest BCUT2D eigenvalue weighted by molar-refractivity contribution is -0.123. The van der Waals surface area contributed by atoms with Crippen molar-refractivity contribution in [3.8, 4) is 6.07 Å². The first kappa shape index (κ1) is 20.6. The van der Waals surface area contributed by atoms with Crippen LogP contribution in [0.15, 0.2) is 18.2 Å². The van der Waals surface area contributed by atoms with Crippen molar-refractivity contribution in [3.63, 3.8) is 0 Å². The summed E-state index contributed by atoms with van der Waals surface area (Å²) in [6.07, 6.45) is 3.49. The molecule has 2 N–H and O–H groups in total. The fraction of sp³-hybridized carbons (Fsp3) is 0.619. The number of nitrogens with one attached hydrogen (secondary N) is 2. The quantitative estimate of drug-likeness (QED) is 0.772. The van der Waals surface area contributed by atoms with E-state index in [1.54, 1.807) is 13.0 Å². The first-order valence-electron chi connectivity index (χ1n) is 10.1. The van der Waals surface area contributed by atoms with Gasteiger partial charge in [0.1, 0.15) is 12.4 Å². The van der Waals surface area contributed by atoms with Gasteiger partial charge in [-0.05, 0) is 56.8 Å². The van der Waals surface area contributed by atoms with Crippen LogP contribution in [0.1, 0.15) is 24.8 Å². The number of aryl methyl sites for hydroxylation is 1. The molecule has 1 saturated carbocycles. The Hall–Kier alpha value is -2.17. The molecule has 2 bridgehead atoms. The van der Waals surface area contributed by atoms with Gasteiger partial charge in [0.25, 0.3) is 0 Å². The van der Waals surface area contributed by atoms with Gasteiger partial charge in [0.05, 0.1) is 12.1 Å². The average Bonchev–Trinajstić information content (AvgIpc) is 3.33. The molecule has 0 radical (unpaired) electrons. The van der Waals surface area contributed by atoms with E-state index in [1.165, 1.54) is 6.42 Å². The zero-order chi connectivity index (χ0) is 20.1. The molecule has 2 aliphatic heterocycles. The Balaban J connectivity index is 0.000000162. The normalized spacial score (nSPS) is 26.4. The number of nitriles is 1. The van der Waals surface area contributed by atoms with Crippen LogP contribution >= 0.6 is 0 Å². The number of halogens is 1. The summed E-state index contributed by atoms with van der Waals surface area (Å²) in [6.45, 7) is 5.99. The van der Waals surface area contributed by atoms with Crippen molar-refractivity contribution in [1.29, 1.82) is 5.26 Å². The Bertz CT molecular complexity index is 726. The summed E-state index contributed by atoms with van der Waals surface area (Å²) in [5.41, 5.74) is 1.72. The second-order valence-corrected chi connectivity index (χ2v) is 8.01. The van der Waals surface area contributed by atoms with Crippen LogP contribution in [0, 0.1) is 30.0 Å². The highest BCUT2D eigenvalue weighted by Crippen LogP contribution is 2.35. The molecule has 3 aliphatic rings. The van der Waals surface area contributed by atoms with Crippen LogP contribution in [-0.2, 0) is 4.79 Å². The lowest BCUT2D eigenvalue weighted by Crippen LogP contribution is -2.47. The predicted molar refractivity (Wildman–Crippen MR) is 108 cm³/mol. The zero-order valence-corrected chi connectivity index (χ0v) is 16.7. The van der Waals surface area contributed by atoms with E-state index < -0.39 is 0 Å². The number of hydrogen-bond acceptors (Lipinski definition) is 5. The number of nitrogens with zero attached hydrogens (tertiary/aromatic N) is 3. The maximum Gasteiger partial charge on any atom is 0.238 e. The number of benzene rings is 1. The summed E-state index contributed by atoms with van der Waals surface area (Å²) in [5, 5.41) is 14.2. The molecule has 7 heteroatoms. The Morgan fingerprint density at radius 2 is 2.07 bits per heavy atom. The molecule has 2 heterocycles. The number of hydrogen-bond donors (Lipinski definition) is 2. The maximum absolute atomic E-state index is 13.4. The van der Waals surface area contributed by atoms with E-state index in [-0.39, 0.29) is 24.3 Å². The van der Waals surface area contributed by atoms with Gasteiger partial charge in [-0.1, -0.05) is 6.07 Å². The van der Waals surface area contributed by atoms with Crippen molar-refractivity contribution in [2.45, 2.75) is 38.3 Å². The first-order chi connectivity index (χ1) is 13.5. The highest BCUT2D eigenvalue weighted by molar-refractivity contribution is 5.82. The van der Waals surface area contributed by atoms with E-state index in [1.807, 2.05) is 18.2 Å². The van der Waals surface area contributed by atoms with Crippen LogP contribution < -0.4 is 15.5 Å². The molecule has 3 atom stereocenters. The molecule has 2 unspecified atom stereocenters. The van der Waals surface area contributed by atoms with Crippen molar-refractivity contribution in [2.75, 3.05) is 44.7 Å². The van der Waals surface area contributed by atoms with Crippen LogP contribution in [0.25, 0.3) is 0 Å². The number of amides is 1. The lowest BCUT2D eigenvalue weighted by Gasteiger charge is -2.34. The molecule has 0 spiro atoms. The van der Waals surface area contributed by atoms with Gasteiger partial charge in [0, 0.05) is 37.9 Å². The Morgan fingerprint density at radius 3 is 2.64 bits per heavy atom. The van der Waals surface area contributed by atoms with E-state index in [4.69, 9.17) is 5.26 Å². The predicted octanol–water partition coefficient (Wildman–Crippen LogP) is 1.65. The summed E-state index contributed by atoms with van der Waals surface area (Å²) in [7, 11) is 2.12. The third-order valence-electron chi connectivity index (χ3n) is 6.01. The summed E-state index contributed by atoms with van der Waals surface area (Å²) in [6, 6.07) is 7.91. The fourth-order valence-electron chi connectivity index (χ4n) is 4.23. The van der Waals surface area contributed by atoms with Crippen molar-refractivity contribution in [1.82, 2.24) is 15.5 Å². The Morgan fingerprint density at radius 1 is 1.32 bits per heavy atom. The highest BCUT2D eigenvalue weighted by atomic mass is 19.1. The van der Waals surface area contributed by atoms with Crippen molar-refractivity contribution >= 4 is 11.6 Å². The summed E-state index contributed by atoms with van der Waals surface area (Å²) < 4.78 is 13.4. The standard InChI is InChI=1S/C12H17FN2.C9H13N3O/c1-10-3-4-11(9-12(10)13)15-7-5-14(2)6-8-15;10-3-4-11-9(13)8-6-1-2-7(5-6)12-8/h3-4,9H,5-8H2,1-2H3;6-8,12H,1-2,4-5H2,(H,11,13)/t;6?,7?,8-/m.0/s1. The largest absolute Gasteiger partial charge is 0.369 e. The van der Waals surface area contributed by atoms with Crippen LogP contribution in [0.2, 0.25) is 0 Å². The number of piperazine rings is 1. The van der Waals surface area contributed by atoms with E-state index >= 15 is 0 Å². The lowest BCUT2D eigenvalue weighted by atomic mass is 9.99. The maximum atomic E-state index is 13.4. The number of fused-ring (bicyclic) bond motifs is 2. The van der Waals surface area contributed by atoms with Gasteiger partial charge in [-0.15, -0.1) is 0 Å². The number of piperidine rings is 1. The SMILES string of the molecule is Cc1ccc(N2CCN(C)CC2)cc1F.N#CCNC(=O)[C@H]1NC2CCC1C2. The Kier molecular flexibility index (Phi) is 6.87. The van der Waals surface area contributed by atoms with E-state index in [2.05, 4.69) is 27.5 Å². The second-order valence-electron chi connectivity index (χ2n) is 8.01. The number of likely N-dealkylation sites (N-methyl/N-ethyl adjacent to an activating group) is 1. The van der Waals surface area contributed by atoms with Crippen molar-refractivity contribution in [2.24, 2.45) is 5.92 Å². The van der Waals surface area contributed by atoms with Crippen molar-refractivity contribution < 1.29 is 9.18 Å². The monoisotopic (exact) mass is 387 g/mol. The number of carbonyl (C=O) groups excluding carboxylic acids is 1. The topological polar surface area (TPSA) is 71.4 Å². The number of rotatable bonds is 3. The number of carbonyl (C=O) groups is 1. The minimum Gasteiger partial charge on any atom is -0.369 e. The molecule has 6 nitrogen and oxygen atoms in total. The third kappa shape index (κ3) is 5.00. The van der Waals surface area contributed by atoms with Gasteiger partial charge in [-0.3, -0.25) is 4.79 Å². The van der Waals surface area contributed by atoms with Gasteiger partial charge in [-0.25, -0.2) is 4.39 Å². The summed E-state index contributed by atoms with van der Waals surface area (Å²) in [5.74, 6) is 0.392. The molecular weight excluding hydrogens is 357 g/mol. The van der Waals surface area contributed by atoms with E-state index in [0.29, 0.717) is 17.5 Å². The van der Waals surface area contributed by atoms with Gasteiger partial charge in [0.15, 0.2) is 0 Å². The average molecular weight is 388 g/mol. The molecular formula is C21H30FN5O. The molecule has 1 aromatic rings. The van der Waals surface area contributed by atoms with E-state index in [9.17, 15) is 9.18 Å². The van der Waals surface area contributed by atoms with Crippen LogP contribution in [0.4, 0.5) is 10.1 Å². The molecule has 0 aromatic heterocycles. The molecule has 3 fully saturated rings. The third-order valence-corrected chi connectivity index (χ3v) is 6.01. The molecule has 1 amide bonds. The zero-order valence-electron chi connectivity index (χ0n) is 16.7. The van der Waals surface area contributed by atoms with Gasteiger partial charge >= 0.3 is 0 Å². The van der Waals surface area contributed by atoms with Crippen LogP contribution in [0.3, 0.4) is 0 Å². The first-order valence-corrected chi connectivity index (χ1v) is 10.1. The van der Waals surface area contributed by atoms with Gasteiger partial charge in [0.2, 0.25) is 5.91 Å². The van der Waals surface area contributed by atoms with Gasteiger partial charge in [-0.2, -0.15) is 5.26 Å². The van der Waals surface area contributed by atoms with Crippen LogP contribution in [0.5, 0.6) is 0 Å². The van der Waals surface area contributed by atoms with E-state index in [0.717, 1.165) is 44.7 Å². The second kappa shape index (κ2) is 9.35. The molecule has 4 rings (SSSR count). The molecule has 2 saturated heterocycles. The molecule has 152 valence electrons. The number of anilines is 1. The van der Waals surface area contributed by atoms with Crippen molar-refractivity contribution in [3.05, 3.63) is 29.6 Å². The summed E-state index contributed by atoms with van der Waals surface area (Å²) in [4.78, 5) is 16.0. The minimum atomic E-state index is -0.105. The molecule has 28 heavy (non-hydrogen) atoms. The smallest absolute Gasteiger partial charge is 0.238 e. The summed E-state index contributed by atoms with van der Waals surface area (Å²) >= 11 is 0. The minimum absolute atomic E-state index is 0.00579. The molecule has 1 aliphatic carbocycles. The Labute approximate surface area is 166 Å². The highest BCUT2D eigenvalue weighted by Gasteiger charge is 2.42.